The average Bonchev–Trinajstić information content (AvgIpc) is 3.20. The second-order valence-corrected chi connectivity index (χ2v) is 6.54. The topological polar surface area (TPSA) is 50.4 Å². The van der Waals surface area contributed by atoms with Gasteiger partial charge in [0.25, 0.3) is 0 Å². The highest BCUT2D eigenvalue weighted by atomic mass is 35.5. The average molecular weight is 339 g/mol. The summed E-state index contributed by atoms with van der Waals surface area (Å²) in [5.41, 5.74) is 2.01. The largest absolute Gasteiger partial charge is 0.374 e. The molecule has 2 saturated carbocycles. The molecule has 1 aromatic rings. The first kappa shape index (κ1) is 18.2. The number of carbonyl (C=O) groups is 1. The standard InChI is InChI=1S/C18H26N2O2.ClH/c21-18(12-19-11-14-5-6-14)20-16-9-7-15(8-10-16)13-22-17-3-1-2-4-17;/h7-10,14,17,19H,1-6,11-13H2,(H,20,21);1H. The van der Waals surface area contributed by atoms with E-state index in [9.17, 15) is 4.79 Å². The van der Waals surface area contributed by atoms with E-state index in [1.807, 2.05) is 24.3 Å². The summed E-state index contributed by atoms with van der Waals surface area (Å²) in [6, 6.07) is 7.96. The number of halogens is 1. The summed E-state index contributed by atoms with van der Waals surface area (Å²) in [7, 11) is 0. The number of anilines is 1. The third-order valence-electron chi connectivity index (χ3n) is 4.44. The molecule has 1 amide bonds. The number of benzene rings is 1. The number of amides is 1. The van der Waals surface area contributed by atoms with Crippen LogP contribution in [0.1, 0.15) is 44.1 Å². The Balaban J connectivity index is 0.00000192. The second kappa shape index (κ2) is 9.26. The molecular weight excluding hydrogens is 312 g/mol. The molecule has 0 heterocycles. The highest BCUT2D eigenvalue weighted by molar-refractivity contribution is 5.92. The van der Waals surface area contributed by atoms with Crippen molar-refractivity contribution in [1.29, 1.82) is 0 Å². The fourth-order valence-electron chi connectivity index (χ4n) is 2.87. The maximum absolute atomic E-state index is 11.8. The van der Waals surface area contributed by atoms with Gasteiger partial charge in [-0.15, -0.1) is 12.4 Å². The Hall–Kier alpha value is -1.10. The van der Waals surface area contributed by atoms with Crippen molar-refractivity contribution in [3.63, 3.8) is 0 Å². The Morgan fingerprint density at radius 1 is 1.09 bits per heavy atom. The lowest BCUT2D eigenvalue weighted by atomic mass is 10.2. The molecule has 0 aliphatic heterocycles. The second-order valence-electron chi connectivity index (χ2n) is 6.54. The maximum Gasteiger partial charge on any atom is 0.238 e. The van der Waals surface area contributed by atoms with Gasteiger partial charge < -0.3 is 15.4 Å². The highest BCUT2D eigenvalue weighted by Gasteiger charge is 2.20. The lowest BCUT2D eigenvalue weighted by Crippen LogP contribution is -2.29. The molecule has 23 heavy (non-hydrogen) atoms. The normalized spacial score (nSPS) is 17.7. The fraction of sp³-hybridized carbons (Fsp3) is 0.611. The molecule has 5 heteroatoms. The maximum atomic E-state index is 11.8. The van der Waals surface area contributed by atoms with Crippen LogP contribution in [0.2, 0.25) is 0 Å². The molecule has 0 saturated heterocycles. The van der Waals surface area contributed by atoms with Gasteiger partial charge in [0.15, 0.2) is 0 Å². The number of ether oxygens (including phenoxy) is 1. The molecule has 2 N–H and O–H groups in total. The monoisotopic (exact) mass is 338 g/mol. The SMILES string of the molecule is Cl.O=C(CNCC1CC1)Nc1ccc(COC2CCCC2)cc1. The van der Waals surface area contributed by atoms with Crippen LogP contribution in [0.4, 0.5) is 5.69 Å². The van der Waals surface area contributed by atoms with Crippen LogP contribution in [-0.4, -0.2) is 25.1 Å². The van der Waals surface area contributed by atoms with E-state index in [1.54, 1.807) is 0 Å². The number of hydrogen-bond donors (Lipinski definition) is 2. The Kier molecular flexibility index (Phi) is 7.34. The highest BCUT2D eigenvalue weighted by Crippen LogP contribution is 2.27. The van der Waals surface area contributed by atoms with Crippen LogP contribution in [0.15, 0.2) is 24.3 Å². The summed E-state index contributed by atoms with van der Waals surface area (Å²) in [4.78, 5) is 11.8. The lowest BCUT2D eigenvalue weighted by Gasteiger charge is -2.11. The minimum absolute atomic E-state index is 0. The first-order valence-corrected chi connectivity index (χ1v) is 8.51. The van der Waals surface area contributed by atoms with Crippen LogP contribution >= 0.6 is 12.4 Å². The number of hydrogen-bond acceptors (Lipinski definition) is 3. The van der Waals surface area contributed by atoms with Crippen molar-refractivity contribution >= 4 is 24.0 Å². The van der Waals surface area contributed by atoms with Gasteiger partial charge in [0.2, 0.25) is 5.91 Å². The molecule has 128 valence electrons. The zero-order valence-corrected chi connectivity index (χ0v) is 14.4. The quantitative estimate of drug-likeness (QED) is 0.762. The summed E-state index contributed by atoms with van der Waals surface area (Å²) in [6.07, 6.45) is 8.04. The summed E-state index contributed by atoms with van der Waals surface area (Å²) < 4.78 is 5.89. The molecule has 0 radical (unpaired) electrons. The molecule has 4 nitrogen and oxygen atoms in total. The summed E-state index contributed by atoms with van der Waals surface area (Å²) in [5, 5.41) is 6.12. The first-order chi connectivity index (χ1) is 10.8. The van der Waals surface area contributed by atoms with E-state index in [4.69, 9.17) is 4.74 Å². The molecule has 0 atom stereocenters. The van der Waals surface area contributed by atoms with Gasteiger partial charge in [-0.1, -0.05) is 25.0 Å². The fourth-order valence-corrected chi connectivity index (χ4v) is 2.87. The van der Waals surface area contributed by atoms with Gasteiger partial charge in [-0.25, -0.2) is 0 Å². The van der Waals surface area contributed by atoms with Crippen molar-refractivity contribution < 1.29 is 9.53 Å². The van der Waals surface area contributed by atoms with Gasteiger partial charge in [0.1, 0.15) is 0 Å². The molecule has 2 aliphatic rings. The number of nitrogens with one attached hydrogen (secondary N) is 2. The molecule has 1 aromatic carbocycles. The minimum atomic E-state index is 0. The molecule has 2 aliphatic carbocycles. The zero-order valence-electron chi connectivity index (χ0n) is 13.6. The van der Waals surface area contributed by atoms with E-state index in [2.05, 4.69) is 10.6 Å². The van der Waals surface area contributed by atoms with E-state index in [-0.39, 0.29) is 18.3 Å². The Bertz CT molecular complexity index is 482. The van der Waals surface area contributed by atoms with Gasteiger partial charge in [0.05, 0.1) is 19.3 Å². The summed E-state index contributed by atoms with van der Waals surface area (Å²) in [5.74, 6) is 0.822. The van der Waals surface area contributed by atoms with Crippen LogP contribution in [0, 0.1) is 5.92 Å². The number of carbonyl (C=O) groups excluding carboxylic acids is 1. The van der Waals surface area contributed by atoms with E-state index in [0.29, 0.717) is 19.3 Å². The minimum Gasteiger partial charge on any atom is -0.374 e. The summed E-state index contributed by atoms with van der Waals surface area (Å²) in [6.45, 7) is 2.02. The van der Waals surface area contributed by atoms with E-state index in [0.717, 1.165) is 23.7 Å². The Labute approximate surface area is 144 Å². The molecule has 0 unspecified atom stereocenters. The first-order valence-electron chi connectivity index (χ1n) is 8.51. The molecule has 3 rings (SSSR count). The number of rotatable bonds is 8. The Morgan fingerprint density at radius 2 is 1.78 bits per heavy atom. The van der Waals surface area contributed by atoms with Crippen molar-refractivity contribution in [1.82, 2.24) is 5.32 Å². The van der Waals surface area contributed by atoms with Crippen LogP contribution < -0.4 is 10.6 Å². The smallest absolute Gasteiger partial charge is 0.238 e. The van der Waals surface area contributed by atoms with Crippen molar-refractivity contribution in [3.05, 3.63) is 29.8 Å². The lowest BCUT2D eigenvalue weighted by molar-refractivity contribution is -0.115. The van der Waals surface area contributed by atoms with Gasteiger partial charge >= 0.3 is 0 Å². The summed E-state index contributed by atoms with van der Waals surface area (Å²) >= 11 is 0. The van der Waals surface area contributed by atoms with Crippen LogP contribution in [0.3, 0.4) is 0 Å². The van der Waals surface area contributed by atoms with E-state index in [1.165, 1.54) is 38.5 Å². The van der Waals surface area contributed by atoms with Crippen molar-refractivity contribution in [2.75, 3.05) is 18.4 Å². The van der Waals surface area contributed by atoms with Crippen molar-refractivity contribution in [2.45, 2.75) is 51.2 Å². The molecule has 0 bridgehead atoms. The van der Waals surface area contributed by atoms with Crippen molar-refractivity contribution in [2.24, 2.45) is 5.92 Å². The Morgan fingerprint density at radius 3 is 2.43 bits per heavy atom. The third kappa shape index (κ3) is 6.50. The predicted molar refractivity (Wildman–Crippen MR) is 95.0 cm³/mol. The molecular formula is C18H27ClN2O2. The molecule has 0 spiro atoms. The van der Waals surface area contributed by atoms with Crippen LogP contribution in [0.25, 0.3) is 0 Å². The van der Waals surface area contributed by atoms with E-state index >= 15 is 0 Å². The van der Waals surface area contributed by atoms with E-state index < -0.39 is 0 Å². The van der Waals surface area contributed by atoms with Gasteiger partial charge in [-0.2, -0.15) is 0 Å². The predicted octanol–water partition coefficient (Wildman–Crippen LogP) is 3.51. The molecule has 0 aromatic heterocycles. The zero-order chi connectivity index (χ0) is 15.2. The van der Waals surface area contributed by atoms with Gasteiger partial charge in [-0.3, -0.25) is 4.79 Å². The molecule has 2 fully saturated rings. The van der Waals surface area contributed by atoms with Gasteiger partial charge in [-0.05, 0) is 55.8 Å². The van der Waals surface area contributed by atoms with Crippen LogP contribution in [0.5, 0.6) is 0 Å². The third-order valence-corrected chi connectivity index (χ3v) is 4.44. The van der Waals surface area contributed by atoms with Crippen molar-refractivity contribution in [3.8, 4) is 0 Å². The van der Waals surface area contributed by atoms with Crippen LogP contribution in [-0.2, 0) is 16.1 Å². The van der Waals surface area contributed by atoms with Gasteiger partial charge in [0, 0.05) is 5.69 Å².